The lowest BCUT2D eigenvalue weighted by Crippen LogP contribution is -2.45. The number of carbonyl (C=O) groups is 1. The molecule has 0 heterocycles. The van der Waals surface area contributed by atoms with E-state index in [9.17, 15) is 13.2 Å². The van der Waals surface area contributed by atoms with Crippen LogP contribution < -0.4 is 15.2 Å². The molecular weight excluding hydrogens is 398 g/mol. The molecular formula is C20H22ClN3O3S. The highest BCUT2D eigenvalue weighted by Gasteiger charge is 2.27. The molecule has 1 aliphatic carbocycles. The summed E-state index contributed by atoms with van der Waals surface area (Å²) in [5.41, 5.74) is 6.76. The van der Waals surface area contributed by atoms with E-state index < -0.39 is 15.9 Å². The van der Waals surface area contributed by atoms with Crippen molar-refractivity contribution in [2.75, 3.05) is 10.8 Å². The molecule has 8 heteroatoms. The van der Waals surface area contributed by atoms with Crippen LogP contribution in [0.25, 0.3) is 0 Å². The summed E-state index contributed by atoms with van der Waals surface area (Å²) in [4.78, 5) is 12.6. The predicted octanol–water partition coefficient (Wildman–Crippen LogP) is 3.61. The van der Waals surface area contributed by atoms with Gasteiger partial charge in [-0.25, -0.2) is 8.42 Å². The Morgan fingerprint density at radius 1 is 1.07 bits per heavy atom. The van der Waals surface area contributed by atoms with Crippen LogP contribution in [-0.2, 0) is 14.8 Å². The van der Waals surface area contributed by atoms with Crippen LogP contribution in [0.1, 0.15) is 25.7 Å². The Labute approximate surface area is 170 Å². The molecule has 1 amide bonds. The van der Waals surface area contributed by atoms with Crippen molar-refractivity contribution in [3.8, 4) is 0 Å². The van der Waals surface area contributed by atoms with Gasteiger partial charge in [-0.1, -0.05) is 41.9 Å². The Morgan fingerprint density at radius 3 is 2.54 bits per heavy atom. The van der Waals surface area contributed by atoms with Crippen LogP contribution in [0.2, 0.25) is 5.02 Å². The number of nitrogens with zero attached hydrogens (tertiary/aromatic N) is 1. The summed E-state index contributed by atoms with van der Waals surface area (Å²) in [6.45, 7) is -0.377. The molecule has 0 unspecified atom stereocenters. The van der Waals surface area contributed by atoms with E-state index in [0.29, 0.717) is 10.7 Å². The van der Waals surface area contributed by atoms with Gasteiger partial charge in [0, 0.05) is 10.7 Å². The van der Waals surface area contributed by atoms with Crippen LogP contribution in [0.3, 0.4) is 0 Å². The van der Waals surface area contributed by atoms with Crippen LogP contribution >= 0.6 is 11.6 Å². The van der Waals surface area contributed by atoms with Crippen LogP contribution in [0.5, 0.6) is 0 Å². The highest BCUT2D eigenvalue weighted by Crippen LogP contribution is 2.25. The Bertz CT molecular complexity index is 962. The normalized spacial score (nSPS) is 14.1. The minimum absolute atomic E-state index is 0.103. The minimum atomic E-state index is -3.94. The number of allylic oxidation sites excluding steroid dienone is 2. The van der Waals surface area contributed by atoms with E-state index in [4.69, 9.17) is 11.6 Å². The number of amides is 1. The summed E-state index contributed by atoms with van der Waals surface area (Å²) in [7, 11) is -3.94. The number of hydrogen-bond donors (Lipinski definition) is 2. The van der Waals surface area contributed by atoms with Gasteiger partial charge in [-0.05, 0) is 56.0 Å². The van der Waals surface area contributed by atoms with Gasteiger partial charge in [0.2, 0.25) is 0 Å². The molecule has 28 heavy (non-hydrogen) atoms. The van der Waals surface area contributed by atoms with Crippen molar-refractivity contribution >= 4 is 33.2 Å². The number of benzene rings is 2. The molecule has 0 aliphatic heterocycles. The Balaban J connectivity index is 1.82. The van der Waals surface area contributed by atoms with E-state index in [-0.39, 0.29) is 11.4 Å². The number of nitrogens with one attached hydrogen (secondary N) is 2. The van der Waals surface area contributed by atoms with Crippen molar-refractivity contribution in [2.45, 2.75) is 30.6 Å². The summed E-state index contributed by atoms with van der Waals surface area (Å²) >= 11 is 6.04. The number of halogens is 1. The highest BCUT2D eigenvalue weighted by molar-refractivity contribution is 7.92. The second kappa shape index (κ2) is 9.12. The first kappa shape index (κ1) is 20.2. The fourth-order valence-corrected chi connectivity index (χ4v) is 4.56. The number of anilines is 1. The second-order valence-corrected chi connectivity index (χ2v) is 8.75. The Hall–Kier alpha value is -2.51. The van der Waals surface area contributed by atoms with Crippen molar-refractivity contribution in [2.24, 2.45) is 0 Å². The number of hydrazine groups is 1. The lowest BCUT2D eigenvalue weighted by molar-refractivity contribution is -0.120. The van der Waals surface area contributed by atoms with Crippen LogP contribution in [-0.4, -0.2) is 20.9 Å². The fourth-order valence-electron chi connectivity index (χ4n) is 2.94. The van der Waals surface area contributed by atoms with Crippen molar-refractivity contribution in [3.63, 3.8) is 0 Å². The molecule has 0 bridgehead atoms. The average molecular weight is 420 g/mol. The third-order valence-corrected chi connectivity index (χ3v) is 6.39. The van der Waals surface area contributed by atoms with Gasteiger partial charge < -0.3 is 5.43 Å². The molecule has 0 aromatic heterocycles. The van der Waals surface area contributed by atoms with Gasteiger partial charge in [-0.15, -0.1) is 0 Å². The topological polar surface area (TPSA) is 78.5 Å². The zero-order chi connectivity index (χ0) is 20.0. The first-order valence-corrected chi connectivity index (χ1v) is 10.9. The molecule has 2 aromatic carbocycles. The second-order valence-electron chi connectivity index (χ2n) is 6.45. The Kier molecular flexibility index (Phi) is 6.59. The quantitative estimate of drug-likeness (QED) is 0.672. The van der Waals surface area contributed by atoms with Gasteiger partial charge in [0.25, 0.3) is 15.9 Å². The van der Waals surface area contributed by atoms with Gasteiger partial charge in [-0.3, -0.25) is 14.5 Å². The molecule has 6 nitrogen and oxygen atoms in total. The van der Waals surface area contributed by atoms with E-state index >= 15 is 0 Å². The van der Waals surface area contributed by atoms with Crippen molar-refractivity contribution in [1.82, 2.24) is 10.9 Å². The van der Waals surface area contributed by atoms with Crippen molar-refractivity contribution in [1.29, 1.82) is 0 Å². The highest BCUT2D eigenvalue weighted by atomic mass is 35.5. The first-order valence-electron chi connectivity index (χ1n) is 9.04. The molecule has 0 radical (unpaired) electrons. The summed E-state index contributed by atoms with van der Waals surface area (Å²) in [6.07, 6.45) is 6.07. The number of carbonyl (C=O) groups excluding carboxylic acids is 1. The summed E-state index contributed by atoms with van der Waals surface area (Å²) in [6, 6.07) is 14.4. The zero-order valence-corrected chi connectivity index (χ0v) is 16.8. The molecule has 0 atom stereocenters. The van der Waals surface area contributed by atoms with Crippen LogP contribution in [0.15, 0.2) is 71.3 Å². The number of rotatable bonds is 7. The lowest BCUT2D eigenvalue weighted by atomic mass is 10.1. The third-order valence-electron chi connectivity index (χ3n) is 4.37. The van der Waals surface area contributed by atoms with Gasteiger partial charge in [0.1, 0.15) is 6.54 Å². The number of sulfonamides is 1. The maximum Gasteiger partial charge on any atom is 0.264 e. The average Bonchev–Trinajstić information content (AvgIpc) is 2.72. The van der Waals surface area contributed by atoms with E-state index in [1.165, 1.54) is 18.2 Å². The number of hydrogen-bond acceptors (Lipinski definition) is 4. The molecule has 0 fully saturated rings. The van der Waals surface area contributed by atoms with Gasteiger partial charge in [-0.2, -0.15) is 0 Å². The standard InChI is InChI=1S/C20H22ClN3O3S/c21-16-8-7-11-18(14-16)24(28(26,27)19-12-5-2-6-13-19)15-20(25)23-22-17-9-3-1-4-10-17/h2,5-9,11-14,22H,1,3-4,10,15H2,(H,23,25). The maximum atomic E-state index is 13.2. The molecule has 148 valence electrons. The first-order chi connectivity index (χ1) is 13.5. The minimum Gasteiger partial charge on any atom is -0.303 e. The van der Waals surface area contributed by atoms with Crippen molar-refractivity contribution < 1.29 is 13.2 Å². The predicted molar refractivity (Wildman–Crippen MR) is 110 cm³/mol. The van der Waals surface area contributed by atoms with Gasteiger partial charge in [0.15, 0.2) is 0 Å². The summed E-state index contributed by atoms with van der Waals surface area (Å²) in [5, 5.41) is 0.386. The lowest BCUT2D eigenvalue weighted by Gasteiger charge is -2.25. The summed E-state index contributed by atoms with van der Waals surface area (Å²) in [5.74, 6) is -0.467. The molecule has 0 saturated heterocycles. The van der Waals surface area contributed by atoms with E-state index in [2.05, 4.69) is 10.9 Å². The Morgan fingerprint density at radius 2 is 1.86 bits per heavy atom. The van der Waals surface area contributed by atoms with E-state index in [1.54, 1.807) is 36.4 Å². The van der Waals surface area contributed by atoms with E-state index in [1.807, 2.05) is 6.08 Å². The maximum absolute atomic E-state index is 13.2. The van der Waals surface area contributed by atoms with Gasteiger partial charge >= 0.3 is 0 Å². The fraction of sp³-hybridized carbons (Fsp3) is 0.250. The zero-order valence-electron chi connectivity index (χ0n) is 15.3. The van der Waals surface area contributed by atoms with Crippen LogP contribution in [0, 0.1) is 0 Å². The largest absolute Gasteiger partial charge is 0.303 e. The SMILES string of the molecule is O=C(CN(c1cccc(Cl)c1)S(=O)(=O)c1ccccc1)NNC1=CCCCC1. The molecule has 0 saturated carbocycles. The smallest absolute Gasteiger partial charge is 0.264 e. The third kappa shape index (κ3) is 5.05. The monoisotopic (exact) mass is 419 g/mol. The van der Waals surface area contributed by atoms with Crippen molar-refractivity contribution in [3.05, 3.63) is 71.4 Å². The summed E-state index contributed by atoms with van der Waals surface area (Å²) < 4.78 is 27.4. The molecule has 1 aliphatic rings. The van der Waals surface area contributed by atoms with Crippen LogP contribution in [0.4, 0.5) is 5.69 Å². The van der Waals surface area contributed by atoms with Gasteiger partial charge in [0.05, 0.1) is 10.6 Å². The molecule has 0 spiro atoms. The molecule has 2 N–H and O–H groups in total. The van der Waals surface area contributed by atoms with E-state index in [0.717, 1.165) is 35.7 Å². The molecule has 3 rings (SSSR count). The molecule has 2 aromatic rings.